The van der Waals surface area contributed by atoms with Crippen molar-refractivity contribution >= 4 is 28.8 Å². The van der Waals surface area contributed by atoms with Gasteiger partial charge in [-0.25, -0.2) is 9.18 Å². The molecule has 5 atom stereocenters. The second-order valence-electron chi connectivity index (χ2n) is 12.5. The molecule has 0 spiro atoms. The van der Waals surface area contributed by atoms with E-state index < -0.39 is 18.2 Å². The number of ether oxygens (including phenoxy) is 1. The van der Waals surface area contributed by atoms with Crippen molar-refractivity contribution in [1.82, 2.24) is 25.4 Å². The number of carbonyl (C=O) groups excluding carboxylic acids is 3. The topological polar surface area (TPSA) is 107 Å². The highest BCUT2D eigenvalue weighted by Gasteiger charge is 2.54. The maximum Gasteiger partial charge on any atom is 0.410 e. The van der Waals surface area contributed by atoms with Gasteiger partial charge in [0.1, 0.15) is 18.5 Å². The number of likely N-dealkylation sites (tertiary alicyclic amines) is 2. The molecule has 2 aromatic carbocycles. The summed E-state index contributed by atoms with van der Waals surface area (Å²) in [6.07, 6.45) is 7.07. The summed E-state index contributed by atoms with van der Waals surface area (Å²) in [5, 5.41) is 6.96. The number of aromatic amines is 1. The molecule has 1 aromatic heterocycles. The van der Waals surface area contributed by atoms with E-state index in [1.807, 2.05) is 41.4 Å². The fourth-order valence-corrected chi connectivity index (χ4v) is 7.50. The van der Waals surface area contributed by atoms with Crippen LogP contribution in [0.2, 0.25) is 0 Å². The highest BCUT2D eigenvalue weighted by molar-refractivity contribution is 5.91. The predicted molar refractivity (Wildman–Crippen MR) is 165 cm³/mol. The van der Waals surface area contributed by atoms with E-state index in [0.29, 0.717) is 25.0 Å². The van der Waals surface area contributed by atoms with Gasteiger partial charge in [0.05, 0.1) is 18.1 Å². The zero-order chi connectivity index (χ0) is 30.8. The molecule has 6 rings (SSSR count). The van der Waals surface area contributed by atoms with Gasteiger partial charge in [0.2, 0.25) is 11.8 Å². The number of aromatic nitrogens is 1. The minimum absolute atomic E-state index is 0.0613. The minimum Gasteiger partial charge on any atom is -0.445 e. The van der Waals surface area contributed by atoms with Gasteiger partial charge in [0, 0.05) is 36.1 Å². The molecular formula is C34H42FN5O4. The summed E-state index contributed by atoms with van der Waals surface area (Å²) in [7, 11) is 1.73. The molecule has 2 saturated heterocycles. The Morgan fingerprint density at radius 1 is 1.05 bits per heavy atom. The molecule has 3 aliphatic rings. The number of likely N-dealkylation sites (N-methyl/N-ethyl adjacent to an activating group) is 1. The van der Waals surface area contributed by atoms with Crippen molar-refractivity contribution in [2.75, 3.05) is 20.1 Å². The number of amides is 3. The Balaban J connectivity index is 1.31. The van der Waals surface area contributed by atoms with Crippen molar-refractivity contribution in [3.05, 3.63) is 71.7 Å². The monoisotopic (exact) mass is 603 g/mol. The lowest BCUT2D eigenvalue weighted by atomic mass is 9.82. The number of rotatable bonds is 8. The molecule has 1 saturated carbocycles. The van der Waals surface area contributed by atoms with Crippen LogP contribution in [0.4, 0.5) is 9.18 Å². The van der Waals surface area contributed by atoms with Crippen LogP contribution < -0.4 is 10.6 Å². The zero-order valence-corrected chi connectivity index (χ0v) is 25.4. The van der Waals surface area contributed by atoms with Crippen LogP contribution >= 0.6 is 0 Å². The lowest BCUT2D eigenvalue weighted by molar-refractivity contribution is -0.139. The fraction of sp³-hybridized carbons (Fsp3) is 0.500. The van der Waals surface area contributed by atoms with Crippen molar-refractivity contribution in [2.45, 2.75) is 82.1 Å². The van der Waals surface area contributed by atoms with Gasteiger partial charge in [-0.15, -0.1) is 0 Å². The number of hydrogen-bond donors (Lipinski definition) is 3. The Kier molecular flexibility index (Phi) is 8.88. The third kappa shape index (κ3) is 5.92. The number of benzene rings is 2. The number of H-pyrrole nitrogens is 1. The summed E-state index contributed by atoms with van der Waals surface area (Å²) in [5.74, 6) is -0.766. The zero-order valence-electron chi connectivity index (χ0n) is 25.4. The Morgan fingerprint density at radius 2 is 1.82 bits per heavy atom. The first-order valence-electron chi connectivity index (χ1n) is 15.9. The van der Waals surface area contributed by atoms with Crippen LogP contribution in [0.1, 0.15) is 62.5 Å². The number of nitrogens with zero attached hydrogens (tertiary/aromatic N) is 2. The normalized spacial score (nSPS) is 23.4. The quantitative estimate of drug-likeness (QED) is 0.347. The fourth-order valence-electron chi connectivity index (χ4n) is 7.50. The lowest BCUT2D eigenvalue weighted by Crippen LogP contribution is -2.57. The summed E-state index contributed by atoms with van der Waals surface area (Å²) in [4.78, 5) is 48.1. The molecule has 0 bridgehead atoms. The molecule has 3 heterocycles. The highest BCUT2D eigenvalue weighted by Crippen LogP contribution is 2.44. The Morgan fingerprint density at radius 3 is 2.57 bits per heavy atom. The summed E-state index contributed by atoms with van der Waals surface area (Å²) >= 11 is 0. The number of fused-ring (bicyclic) bond motifs is 2. The lowest BCUT2D eigenvalue weighted by Gasteiger charge is -2.36. The Labute approximate surface area is 257 Å². The second-order valence-corrected chi connectivity index (χ2v) is 12.5. The molecule has 3 aromatic rings. The molecule has 3 amide bonds. The first-order chi connectivity index (χ1) is 21.4. The molecule has 3 N–H and O–H groups in total. The van der Waals surface area contributed by atoms with Crippen LogP contribution in [0.5, 0.6) is 0 Å². The van der Waals surface area contributed by atoms with E-state index >= 15 is 0 Å². The number of halogens is 1. The molecule has 44 heavy (non-hydrogen) atoms. The first-order valence-corrected chi connectivity index (χ1v) is 15.9. The Hall–Kier alpha value is -3.92. The molecule has 9 nitrogen and oxygen atoms in total. The van der Waals surface area contributed by atoms with Gasteiger partial charge in [0.15, 0.2) is 0 Å². The van der Waals surface area contributed by atoms with Gasteiger partial charge in [-0.1, -0.05) is 49.6 Å². The summed E-state index contributed by atoms with van der Waals surface area (Å²) in [5.41, 5.74) is 2.51. The molecule has 5 unspecified atom stereocenters. The van der Waals surface area contributed by atoms with E-state index in [4.69, 9.17) is 4.74 Å². The van der Waals surface area contributed by atoms with E-state index in [0.717, 1.165) is 48.6 Å². The standard InChI is InChI=1S/C34H42FN5O4/c1-21(36-2)32(41)38-30(23-11-7-4-8-12-23)33(42)39-16-15-29-31(39)27(26-18-37-28-17-24(35)13-14-25(26)28)19-40(29)34(43)44-20-22-9-5-3-6-10-22/h3,5-6,9-10,13-14,17-18,21,23,27,29-31,36-37H,4,7-8,11-12,15-16,19-20H2,1-2H3,(H,38,41). The van der Waals surface area contributed by atoms with Crippen LogP contribution in [-0.2, 0) is 20.9 Å². The van der Waals surface area contributed by atoms with E-state index in [1.165, 1.54) is 12.1 Å². The number of carbonyl (C=O) groups is 3. The summed E-state index contributed by atoms with van der Waals surface area (Å²) in [6, 6.07) is 12.6. The third-order valence-corrected chi connectivity index (χ3v) is 9.94. The van der Waals surface area contributed by atoms with Crippen molar-refractivity contribution < 1.29 is 23.5 Å². The Bertz CT molecular complexity index is 1490. The second kappa shape index (κ2) is 13.0. The van der Waals surface area contributed by atoms with E-state index in [9.17, 15) is 18.8 Å². The van der Waals surface area contributed by atoms with Gasteiger partial charge >= 0.3 is 6.09 Å². The molecule has 1 aliphatic carbocycles. The van der Waals surface area contributed by atoms with E-state index in [-0.39, 0.29) is 48.2 Å². The van der Waals surface area contributed by atoms with Crippen molar-refractivity contribution in [3.63, 3.8) is 0 Å². The minimum atomic E-state index is -0.630. The molecule has 234 valence electrons. The summed E-state index contributed by atoms with van der Waals surface area (Å²) in [6.45, 7) is 2.79. The smallest absolute Gasteiger partial charge is 0.410 e. The molecular weight excluding hydrogens is 561 g/mol. The van der Waals surface area contributed by atoms with Gasteiger partial charge in [-0.2, -0.15) is 0 Å². The van der Waals surface area contributed by atoms with Crippen LogP contribution in [0.3, 0.4) is 0 Å². The van der Waals surface area contributed by atoms with Crippen molar-refractivity contribution in [2.24, 2.45) is 5.92 Å². The molecule has 3 fully saturated rings. The number of nitrogens with one attached hydrogen (secondary N) is 3. The molecule has 2 aliphatic heterocycles. The van der Waals surface area contributed by atoms with Crippen LogP contribution in [-0.4, -0.2) is 77.0 Å². The van der Waals surface area contributed by atoms with Gasteiger partial charge < -0.3 is 30.2 Å². The van der Waals surface area contributed by atoms with Gasteiger partial charge in [-0.3, -0.25) is 9.59 Å². The average Bonchev–Trinajstić information content (AvgIpc) is 3.77. The first kappa shape index (κ1) is 30.1. The van der Waals surface area contributed by atoms with Crippen molar-refractivity contribution in [1.29, 1.82) is 0 Å². The van der Waals surface area contributed by atoms with Crippen LogP contribution in [0, 0.1) is 11.7 Å². The largest absolute Gasteiger partial charge is 0.445 e. The molecule has 10 heteroatoms. The van der Waals surface area contributed by atoms with Crippen LogP contribution in [0.25, 0.3) is 10.9 Å². The van der Waals surface area contributed by atoms with E-state index in [1.54, 1.807) is 24.9 Å². The highest BCUT2D eigenvalue weighted by atomic mass is 19.1. The average molecular weight is 604 g/mol. The third-order valence-electron chi connectivity index (χ3n) is 9.94. The van der Waals surface area contributed by atoms with E-state index in [2.05, 4.69) is 15.6 Å². The van der Waals surface area contributed by atoms with Crippen molar-refractivity contribution in [3.8, 4) is 0 Å². The maximum absolute atomic E-state index is 14.5. The van der Waals surface area contributed by atoms with Gasteiger partial charge in [-0.05, 0) is 68.5 Å². The number of hydrogen-bond acceptors (Lipinski definition) is 5. The van der Waals surface area contributed by atoms with Gasteiger partial charge in [0.25, 0.3) is 0 Å². The van der Waals surface area contributed by atoms with Crippen LogP contribution in [0.15, 0.2) is 54.7 Å². The summed E-state index contributed by atoms with van der Waals surface area (Å²) < 4.78 is 19.9. The SMILES string of the molecule is CNC(C)C(=O)NC(C(=O)N1CCC2C1C(c1c[nH]c3cc(F)ccc13)CN2C(=O)OCc1ccccc1)C1CCCCC1. The maximum atomic E-state index is 14.5. The molecule has 0 radical (unpaired) electrons. The predicted octanol–water partition coefficient (Wildman–Crippen LogP) is 4.69.